The first-order valence-corrected chi connectivity index (χ1v) is 8.56. The molecule has 0 aliphatic carbocycles. The largest absolute Gasteiger partial charge is 0.385 e. The number of hydrogen-bond acceptors (Lipinski definition) is 3. The smallest absolute Gasteiger partial charge is 0.178 e. The molecule has 108 valence electrons. The van der Waals surface area contributed by atoms with Crippen molar-refractivity contribution >= 4 is 9.84 Å². The van der Waals surface area contributed by atoms with E-state index >= 15 is 0 Å². The van der Waals surface area contributed by atoms with Gasteiger partial charge in [-0.1, -0.05) is 31.9 Å². The van der Waals surface area contributed by atoms with Crippen molar-refractivity contribution in [3.05, 3.63) is 29.8 Å². The van der Waals surface area contributed by atoms with Gasteiger partial charge in [0.05, 0.1) is 10.6 Å². The van der Waals surface area contributed by atoms with Crippen LogP contribution < -0.4 is 0 Å². The van der Waals surface area contributed by atoms with Crippen molar-refractivity contribution in [2.75, 3.05) is 19.5 Å². The quantitative estimate of drug-likeness (QED) is 0.654. The number of sulfone groups is 1. The molecular weight excluding hydrogens is 260 g/mol. The van der Waals surface area contributed by atoms with E-state index in [1.54, 1.807) is 13.2 Å². The Hall–Kier alpha value is -0.870. The van der Waals surface area contributed by atoms with Gasteiger partial charge in [0.2, 0.25) is 0 Å². The molecule has 3 nitrogen and oxygen atoms in total. The molecule has 0 aliphatic rings. The van der Waals surface area contributed by atoms with Gasteiger partial charge in [-0.05, 0) is 37.0 Å². The van der Waals surface area contributed by atoms with Crippen LogP contribution in [-0.2, 0) is 21.0 Å². The Kier molecular flexibility index (Phi) is 7.10. The maximum atomic E-state index is 12.2. The highest BCUT2D eigenvalue weighted by atomic mass is 32.2. The first-order valence-electron chi connectivity index (χ1n) is 6.91. The van der Waals surface area contributed by atoms with Gasteiger partial charge < -0.3 is 4.74 Å². The van der Waals surface area contributed by atoms with E-state index in [2.05, 4.69) is 6.92 Å². The normalized spacial score (nSPS) is 11.7. The van der Waals surface area contributed by atoms with Gasteiger partial charge >= 0.3 is 0 Å². The van der Waals surface area contributed by atoms with Crippen molar-refractivity contribution < 1.29 is 13.2 Å². The third-order valence-corrected chi connectivity index (χ3v) is 4.86. The van der Waals surface area contributed by atoms with Gasteiger partial charge in [-0.3, -0.25) is 0 Å². The summed E-state index contributed by atoms with van der Waals surface area (Å²) in [6.45, 7) is 2.79. The minimum absolute atomic E-state index is 0.228. The number of hydrogen-bond donors (Lipinski definition) is 0. The lowest BCUT2D eigenvalue weighted by Crippen LogP contribution is -2.07. The topological polar surface area (TPSA) is 43.4 Å². The third-order valence-electron chi connectivity index (χ3n) is 3.06. The fourth-order valence-electron chi connectivity index (χ4n) is 2.02. The average molecular weight is 284 g/mol. The summed E-state index contributed by atoms with van der Waals surface area (Å²) in [6.07, 6.45) is 4.46. The molecule has 0 fully saturated rings. The first kappa shape index (κ1) is 16.2. The summed E-state index contributed by atoms with van der Waals surface area (Å²) >= 11 is 0. The van der Waals surface area contributed by atoms with Crippen LogP contribution in [0.4, 0.5) is 0 Å². The molecule has 0 spiro atoms. The van der Waals surface area contributed by atoms with E-state index in [1.807, 2.05) is 18.2 Å². The SMILES string of the molecule is CCCc1cccc(S(=O)(=O)CCCCCOC)c1. The van der Waals surface area contributed by atoms with Gasteiger partial charge in [0, 0.05) is 13.7 Å². The highest BCUT2D eigenvalue weighted by molar-refractivity contribution is 7.91. The van der Waals surface area contributed by atoms with Crippen molar-refractivity contribution in [1.82, 2.24) is 0 Å². The zero-order valence-electron chi connectivity index (χ0n) is 11.9. The molecule has 1 aromatic rings. The molecule has 0 heterocycles. The summed E-state index contributed by atoms with van der Waals surface area (Å²) in [5, 5.41) is 0. The zero-order valence-corrected chi connectivity index (χ0v) is 12.7. The van der Waals surface area contributed by atoms with Crippen LogP contribution in [0, 0.1) is 0 Å². The van der Waals surface area contributed by atoms with Crippen LogP contribution in [0.1, 0.15) is 38.2 Å². The van der Waals surface area contributed by atoms with Crippen molar-refractivity contribution in [1.29, 1.82) is 0 Å². The lowest BCUT2D eigenvalue weighted by atomic mass is 10.1. The number of aryl methyl sites for hydroxylation is 1. The monoisotopic (exact) mass is 284 g/mol. The second kappa shape index (κ2) is 8.33. The molecule has 0 radical (unpaired) electrons. The molecule has 0 unspecified atom stereocenters. The van der Waals surface area contributed by atoms with Gasteiger partial charge in [0.25, 0.3) is 0 Å². The van der Waals surface area contributed by atoms with Gasteiger partial charge in [-0.15, -0.1) is 0 Å². The molecule has 1 aromatic carbocycles. The molecule has 0 aromatic heterocycles. The molecule has 1 rings (SSSR count). The van der Waals surface area contributed by atoms with E-state index in [1.165, 1.54) is 0 Å². The Morgan fingerprint density at radius 2 is 1.95 bits per heavy atom. The van der Waals surface area contributed by atoms with E-state index in [4.69, 9.17) is 4.74 Å². The van der Waals surface area contributed by atoms with Gasteiger partial charge in [0.1, 0.15) is 0 Å². The summed E-state index contributed by atoms with van der Waals surface area (Å²) in [7, 11) is -1.47. The Bertz CT molecular complexity index is 466. The maximum Gasteiger partial charge on any atom is 0.178 e. The fraction of sp³-hybridized carbons (Fsp3) is 0.600. The highest BCUT2D eigenvalue weighted by Gasteiger charge is 2.14. The van der Waals surface area contributed by atoms with Crippen LogP contribution in [-0.4, -0.2) is 27.9 Å². The van der Waals surface area contributed by atoms with Crippen LogP contribution in [0.5, 0.6) is 0 Å². The maximum absolute atomic E-state index is 12.2. The predicted molar refractivity (Wildman–Crippen MR) is 78.2 cm³/mol. The zero-order chi connectivity index (χ0) is 14.1. The van der Waals surface area contributed by atoms with Gasteiger partial charge in [0.15, 0.2) is 9.84 Å². The molecule has 0 amide bonds. The van der Waals surface area contributed by atoms with Crippen LogP contribution in [0.3, 0.4) is 0 Å². The lowest BCUT2D eigenvalue weighted by molar-refractivity contribution is 0.192. The van der Waals surface area contributed by atoms with Gasteiger partial charge in [-0.25, -0.2) is 8.42 Å². The molecule has 0 N–H and O–H groups in total. The minimum atomic E-state index is -3.13. The first-order chi connectivity index (χ1) is 9.10. The van der Waals surface area contributed by atoms with E-state index in [9.17, 15) is 8.42 Å². The van der Waals surface area contributed by atoms with Crippen LogP contribution >= 0.6 is 0 Å². The number of benzene rings is 1. The minimum Gasteiger partial charge on any atom is -0.385 e. The summed E-state index contributed by atoms with van der Waals surface area (Å²) < 4.78 is 29.3. The molecule has 0 bridgehead atoms. The van der Waals surface area contributed by atoms with Crippen LogP contribution in [0.15, 0.2) is 29.2 Å². The van der Waals surface area contributed by atoms with Crippen molar-refractivity contribution in [2.24, 2.45) is 0 Å². The Morgan fingerprint density at radius 1 is 1.16 bits per heavy atom. The molecule has 0 atom stereocenters. The second-order valence-electron chi connectivity index (χ2n) is 4.77. The molecule has 4 heteroatoms. The van der Waals surface area contributed by atoms with Crippen molar-refractivity contribution in [2.45, 2.75) is 43.9 Å². The standard InChI is InChI=1S/C15H24O3S/c1-3-8-14-9-7-10-15(13-14)19(16,17)12-6-4-5-11-18-2/h7,9-10,13H,3-6,8,11-12H2,1-2H3. The Balaban J connectivity index is 2.58. The third kappa shape index (κ3) is 5.74. The fourth-order valence-corrected chi connectivity index (χ4v) is 3.45. The number of unbranched alkanes of at least 4 members (excludes halogenated alkanes) is 2. The molecule has 0 aliphatic heterocycles. The molecular formula is C15H24O3S. The van der Waals surface area contributed by atoms with E-state index in [-0.39, 0.29) is 5.75 Å². The van der Waals surface area contributed by atoms with E-state index in [0.29, 0.717) is 17.9 Å². The summed E-state index contributed by atoms with van der Waals surface area (Å²) in [6, 6.07) is 7.33. The number of ether oxygens (including phenoxy) is 1. The summed E-state index contributed by atoms with van der Waals surface area (Å²) in [5.41, 5.74) is 1.10. The summed E-state index contributed by atoms with van der Waals surface area (Å²) in [4.78, 5) is 0.463. The molecule has 0 saturated heterocycles. The van der Waals surface area contributed by atoms with Crippen molar-refractivity contribution in [3.63, 3.8) is 0 Å². The predicted octanol–water partition coefficient (Wildman–Crippen LogP) is 3.23. The van der Waals surface area contributed by atoms with Crippen LogP contribution in [0.25, 0.3) is 0 Å². The van der Waals surface area contributed by atoms with E-state index < -0.39 is 9.84 Å². The lowest BCUT2D eigenvalue weighted by Gasteiger charge is -2.06. The Labute approximate surface area is 116 Å². The molecule has 0 saturated carbocycles. The second-order valence-corrected chi connectivity index (χ2v) is 6.88. The summed E-state index contributed by atoms with van der Waals surface area (Å²) in [5.74, 6) is 0.228. The van der Waals surface area contributed by atoms with Crippen LogP contribution in [0.2, 0.25) is 0 Å². The number of rotatable bonds is 9. The van der Waals surface area contributed by atoms with E-state index in [0.717, 1.165) is 31.2 Å². The van der Waals surface area contributed by atoms with Gasteiger partial charge in [-0.2, -0.15) is 0 Å². The Morgan fingerprint density at radius 3 is 2.63 bits per heavy atom. The molecule has 19 heavy (non-hydrogen) atoms. The highest BCUT2D eigenvalue weighted by Crippen LogP contribution is 2.16. The average Bonchev–Trinajstić information content (AvgIpc) is 2.39. The number of methoxy groups -OCH3 is 1. The van der Waals surface area contributed by atoms with Crippen molar-refractivity contribution in [3.8, 4) is 0 Å².